The van der Waals surface area contributed by atoms with Gasteiger partial charge >= 0.3 is 0 Å². The van der Waals surface area contributed by atoms with Crippen molar-refractivity contribution in [1.82, 2.24) is 0 Å². The average molecular weight is 395 g/mol. The van der Waals surface area contributed by atoms with Gasteiger partial charge in [-0.2, -0.15) is 0 Å². The Morgan fingerprint density at radius 3 is 2.77 bits per heavy atom. The van der Waals surface area contributed by atoms with Gasteiger partial charge in [0.25, 0.3) is 0 Å². The van der Waals surface area contributed by atoms with Crippen LogP contribution < -0.4 is 0 Å². The summed E-state index contributed by atoms with van der Waals surface area (Å²) in [4.78, 5) is 13.0. The summed E-state index contributed by atoms with van der Waals surface area (Å²) in [5, 5.41) is 20.0. The van der Waals surface area contributed by atoms with Crippen molar-refractivity contribution >= 4 is 29.3 Å². The van der Waals surface area contributed by atoms with Gasteiger partial charge in [0.2, 0.25) is 6.29 Å². The van der Waals surface area contributed by atoms with Crippen LogP contribution >= 0.6 is 23.5 Å². The van der Waals surface area contributed by atoms with Gasteiger partial charge < -0.3 is 19.7 Å². The average Bonchev–Trinajstić information content (AvgIpc) is 2.66. The number of thioether (sulfide) groups is 2. The summed E-state index contributed by atoms with van der Waals surface area (Å²) >= 11 is 3.07. The lowest BCUT2D eigenvalue weighted by molar-refractivity contribution is -0.230. The number of allylic oxidation sites excluding steroid dienone is 1. The summed E-state index contributed by atoms with van der Waals surface area (Å²) in [6.07, 6.45) is -1.88. The quantitative estimate of drug-likeness (QED) is 0.816. The van der Waals surface area contributed by atoms with Gasteiger partial charge in [0, 0.05) is 12.2 Å². The molecule has 2 heterocycles. The number of aliphatic hydroxyl groups excluding tert-OH is 2. The van der Waals surface area contributed by atoms with Gasteiger partial charge in [0.15, 0.2) is 5.78 Å². The lowest BCUT2D eigenvalue weighted by atomic mass is 10.0. The molecule has 1 aromatic rings. The molecule has 0 saturated carbocycles. The first-order valence-electron chi connectivity index (χ1n) is 8.82. The molecule has 6 atom stereocenters. The van der Waals surface area contributed by atoms with Gasteiger partial charge in [-0.05, 0) is 18.9 Å². The van der Waals surface area contributed by atoms with Crippen molar-refractivity contribution < 1.29 is 24.5 Å². The van der Waals surface area contributed by atoms with Crippen LogP contribution in [0.3, 0.4) is 0 Å². The number of ether oxygens (including phenoxy) is 2. The Bertz CT molecular complexity index is 707. The van der Waals surface area contributed by atoms with Crippen molar-refractivity contribution in [2.45, 2.75) is 60.6 Å². The number of Topliss-reactive ketones (excluding diaryl/α,β-unsaturated/α-hetero) is 1. The van der Waals surface area contributed by atoms with Gasteiger partial charge in [0.1, 0.15) is 23.2 Å². The molecule has 1 aromatic carbocycles. The molecule has 7 heteroatoms. The van der Waals surface area contributed by atoms with Crippen molar-refractivity contribution in [1.29, 1.82) is 0 Å². The zero-order valence-electron chi connectivity index (χ0n) is 14.4. The molecule has 6 unspecified atom stereocenters. The Hall–Kier alpha value is -0.990. The van der Waals surface area contributed by atoms with E-state index in [9.17, 15) is 15.0 Å². The van der Waals surface area contributed by atoms with Crippen molar-refractivity contribution in [3.05, 3.63) is 46.6 Å². The zero-order valence-corrected chi connectivity index (χ0v) is 16.0. The summed E-state index contributed by atoms with van der Waals surface area (Å²) in [7, 11) is 0. The maximum atomic E-state index is 12.4. The lowest BCUT2D eigenvalue weighted by Gasteiger charge is -2.45. The molecule has 3 aliphatic rings. The fourth-order valence-corrected chi connectivity index (χ4v) is 6.07. The smallest absolute Gasteiger partial charge is 0.214 e. The summed E-state index contributed by atoms with van der Waals surface area (Å²) in [6.45, 7) is 1.72. The van der Waals surface area contributed by atoms with Crippen LogP contribution in [0.2, 0.25) is 0 Å². The molecule has 0 radical (unpaired) electrons. The topological polar surface area (TPSA) is 76.0 Å². The molecule has 0 bridgehead atoms. The molecule has 0 amide bonds. The van der Waals surface area contributed by atoms with Crippen LogP contribution in [-0.2, 0) is 20.0 Å². The molecule has 5 nitrogen and oxygen atoms in total. The molecular weight excluding hydrogens is 372 g/mol. The number of rotatable bonds is 3. The number of benzene rings is 1. The van der Waals surface area contributed by atoms with E-state index in [0.29, 0.717) is 17.1 Å². The Kier molecular flexibility index (Phi) is 5.34. The molecule has 0 spiro atoms. The number of fused-ring (bicyclic) bond motifs is 1. The number of hydrogen-bond donors (Lipinski definition) is 2. The second-order valence-electron chi connectivity index (χ2n) is 6.83. The Morgan fingerprint density at radius 2 is 2.00 bits per heavy atom. The van der Waals surface area contributed by atoms with E-state index in [1.54, 1.807) is 18.7 Å². The molecule has 4 rings (SSSR count). The van der Waals surface area contributed by atoms with Crippen LogP contribution in [0.25, 0.3) is 0 Å². The second-order valence-corrected chi connectivity index (χ2v) is 9.21. The molecule has 1 saturated heterocycles. The van der Waals surface area contributed by atoms with Crippen molar-refractivity contribution in [2.24, 2.45) is 0 Å². The molecule has 1 fully saturated rings. The van der Waals surface area contributed by atoms with Crippen LogP contribution in [0.1, 0.15) is 25.3 Å². The van der Waals surface area contributed by atoms with Gasteiger partial charge in [-0.1, -0.05) is 30.3 Å². The van der Waals surface area contributed by atoms with E-state index >= 15 is 0 Å². The van der Waals surface area contributed by atoms with Crippen molar-refractivity contribution in [2.75, 3.05) is 0 Å². The first-order valence-corrected chi connectivity index (χ1v) is 10.7. The van der Waals surface area contributed by atoms with E-state index in [0.717, 1.165) is 12.2 Å². The third-order valence-corrected chi connectivity index (χ3v) is 7.77. The fourth-order valence-electron chi connectivity index (χ4n) is 3.46. The largest absolute Gasteiger partial charge is 0.465 e. The summed E-state index contributed by atoms with van der Waals surface area (Å²) in [5.41, 5.74) is 1.24. The number of ketones is 1. The highest BCUT2D eigenvalue weighted by Gasteiger charge is 2.50. The number of aliphatic hydroxyl groups is 2. The minimum Gasteiger partial charge on any atom is -0.465 e. The second kappa shape index (κ2) is 7.56. The molecule has 1 aliphatic carbocycles. The summed E-state index contributed by atoms with van der Waals surface area (Å²) < 4.78 is 11.8. The van der Waals surface area contributed by atoms with Crippen LogP contribution in [0.5, 0.6) is 0 Å². The van der Waals surface area contributed by atoms with Crippen LogP contribution in [0.15, 0.2) is 41.0 Å². The van der Waals surface area contributed by atoms with Crippen molar-refractivity contribution in [3.63, 3.8) is 0 Å². The first kappa shape index (κ1) is 18.4. The van der Waals surface area contributed by atoms with Crippen molar-refractivity contribution in [3.8, 4) is 0 Å². The van der Waals surface area contributed by atoms with E-state index in [4.69, 9.17) is 9.47 Å². The highest BCUT2D eigenvalue weighted by Crippen LogP contribution is 2.47. The molecular formula is C19H22O5S2. The van der Waals surface area contributed by atoms with Crippen LogP contribution in [-0.4, -0.2) is 51.1 Å². The van der Waals surface area contributed by atoms with E-state index in [-0.39, 0.29) is 11.0 Å². The Balaban J connectivity index is 1.54. The maximum Gasteiger partial charge on any atom is 0.214 e. The predicted octanol–water partition coefficient (Wildman–Crippen LogP) is 2.46. The molecule has 2 aliphatic heterocycles. The predicted molar refractivity (Wildman–Crippen MR) is 102 cm³/mol. The lowest BCUT2D eigenvalue weighted by Crippen LogP contribution is -2.57. The summed E-state index contributed by atoms with van der Waals surface area (Å²) in [6, 6.07) is 10.2. The minimum atomic E-state index is -0.979. The molecule has 0 aromatic heterocycles. The highest BCUT2D eigenvalue weighted by molar-refractivity contribution is 8.04. The van der Waals surface area contributed by atoms with Gasteiger partial charge in [-0.25, -0.2) is 0 Å². The SMILES string of the molecule is CC1OC2OC3=C(SC2C(O)C1O)C(=O)CCC3SCc1ccccc1. The number of carbonyl (C=O) groups is 1. The van der Waals surface area contributed by atoms with Gasteiger partial charge in [-0.15, -0.1) is 23.5 Å². The van der Waals surface area contributed by atoms with Crippen LogP contribution in [0.4, 0.5) is 0 Å². The van der Waals surface area contributed by atoms with E-state index in [1.807, 2.05) is 18.2 Å². The van der Waals surface area contributed by atoms with Gasteiger partial charge in [0.05, 0.1) is 16.3 Å². The standard InChI is InChI=1S/C19H22O5S2/c1-10-14(21)15(22)18-19(23-10)24-16-13(8-7-12(20)17(16)26-18)25-9-11-5-3-2-4-6-11/h2-6,10,13-15,18-19,21-22H,7-9H2,1H3. The fraction of sp³-hybridized carbons (Fsp3) is 0.526. The Labute approximate surface area is 161 Å². The van der Waals surface area contributed by atoms with Gasteiger partial charge in [-0.3, -0.25) is 4.79 Å². The third-order valence-electron chi connectivity index (χ3n) is 4.98. The Morgan fingerprint density at radius 1 is 1.23 bits per heavy atom. The normalized spacial score (nSPS) is 37.0. The zero-order chi connectivity index (χ0) is 18.3. The van der Waals surface area contributed by atoms with E-state index in [1.165, 1.54) is 17.3 Å². The minimum absolute atomic E-state index is 0.0559. The first-order chi connectivity index (χ1) is 12.5. The molecule has 26 heavy (non-hydrogen) atoms. The van der Waals surface area contributed by atoms with E-state index < -0.39 is 29.9 Å². The third kappa shape index (κ3) is 3.43. The monoisotopic (exact) mass is 394 g/mol. The van der Waals surface area contributed by atoms with Crippen LogP contribution in [0, 0.1) is 0 Å². The molecule has 2 N–H and O–H groups in total. The van der Waals surface area contributed by atoms with E-state index in [2.05, 4.69) is 12.1 Å². The highest BCUT2D eigenvalue weighted by atomic mass is 32.2. The summed E-state index contributed by atoms with van der Waals surface area (Å²) in [5.74, 6) is 1.58. The number of carbonyl (C=O) groups excluding carboxylic acids is 1. The molecule has 140 valence electrons. The maximum absolute atomic E-state index is 12.4. The number of hydrogen-bond acceptors (Lipinski definition) is 7.